The molecule has 0 saturated carbocycles. The first-order valence-corrected chi connectivity index (χ1v) is 11.0. The van der Waals surface area contributed by atoms with Crippen molar-refractivity contribution < 1.29 is 27.8 Å². The second kappa shape index (κ2) is 11.3. The maximum Gasteiger partial charge on any atom is 0.344 e. The summed E-state index contributed by atoms with van der Waals surface area (Å²) >= 11 is 0. The zero-order valence-electron chi connectivity index (χ0n) is 19.3. The van der Waals surface area contributed by atoms with E-state index in [1.165, 1.54) is 12.1 Å². The van der Waals surface area contributed by atoms with Crippen molar-refractivity contribution in [2.45, 2.75) is 39.2 Å². The van der Waals surface area contributed by atoms with E-state index in [4.69, 9.17) is 18.6 Å². The number of halogens is 1. The van der Waals surface area contributed by atoms with E-state index < -0.39 is 23.5 Å². The van der Waals surface area contributed by atoms with Gasteiger partial charge in [0.25, 0.3) is 0 Å². The molecule has 1 atom stereocenters. The Labute approximate surface area is 197 Å². The zero-order chi connectivity index (χ0) is 24.7. The lowest BCUT2D eigenvalue weighted by Gasteiger charge is -2.14. The van der Waals surface area contributed by atoms with Crippen molar-refractivity contribution in [1.82, 2.24) is 0 Å². The summed E-state index contributed by atoms with van der Waals surface area (Å²) in [4.78, 5) is 24.0. The lowest BCUT2D eigenvalue weighted by Crippen LogP contribution is -2.14. The summed E-state index contributed by atoms with van der Waals surface area (Å²) in [6, 6.07) is 11.2. The molecule has 3 rings (SSSR count). The van der Waals surface area contributed by atoms with Crippen LogP contribution in [0.5, 0.6) is 11.5 Å². The quantitative estimate of drug-likeness (QED) is 0.110. The van der Waals surface area contributed by atoms with Crippen LogP contribution in [0.15, 0.2) is 76.7 Å². The predicted octanol–water partition coefficient (Wildman–Crippen LogP) is 6.18. The van der Waals surface area contributed by atoms with Crippen molar-refractivity contribution >= 4 is 16.9 Å². The SMILES string of the molecule is C=CC(=O)OC(C)CC(=C)Oc1ccc2cc(-c3cccc(OCCCC)c3F)c(=O)oc2c1. The molecule has 0 aliphatic heterocycles. The highest BCUT2D eigenvalue weighted by atomic mass is 19.1. The molecular formula is C27H27FO6. The average Bonchev–Trinajstić information content (AvgIpc) is 2.79. The number of ether oxygens (including phenoxy) is 3. The number of unbranched alkanes of at least 4 members (excludes halogenated alkanes) is 1. The van der Waals surface area contributed by atoms with Gasteiger partial charge in [-0.15, -0.1) is 0 Å². The van der Waals surface area contributed by atoms with Crippen molar-refractivity contribution in [3.63, 3.8) is 0 Å². The molecule has 0 N–H and O–H groups in total. The van der Waals surface area contributed by atoms with Crippen LogP contribution in [0.2, 0.25) is 0 Å². The van der Waals surface area contributed by atoms with Gasteiger partial charge < -0.3 is 18.6 Å². The maximum absolute atomic E-state index is 15.0. The monoisotopic (exact) mass is 466 g/mol. The Balaban J connectivity index is 1.81. The number of carbonyl (C=O) groups is 1. The largest absolute Gasteiger partial charge is 0.490 e. The Morgan fingerprint density at radius 1 is 1.21 bits per heavy atom. The van der Waals surface area contributed by atoms with E-state index >= 15 is 4.39 Å². The fraction of sp³-hybridized carbons (Fsp3) is 0.259. The number of esters is 1. The molecule has 0 radical (unpaired) electrons. The van der Waals surface area contributed by atoms with Crippen molar-refractivity contribution in [2.24, 2.45) is 0 Å². The molecule has 6 nitrogen and oxygen atoms in total. The normalized spacial score (nSPS) is 11.6. The first kappa shape index (κ1) is 24.8. The van der Waals surface area contributed by atoms with Gasteiger partial charge in [0.15, 0.2) is 11.6 Å². The molecule has 0 bridgehead atoms. The summed E-state index contributed by atoms with van der Waals surface area (Å²) in [5, 5.41) is 0.595. The summed E-state index contributed by atoms with van der Waals surface area (Å²) in [5.41, 5.74) is -0.192. The molecule has 1 unspecified atom stereocenters. The third-order valence-corrected chi connectivity index (χ3v) is 4.98. The lowest BCUT2D eigenvalue weighted by molar-refractivity contribution is -0.142. The number of fused-ring (bicyclic) bond motifs is 1. The zero-order valence-corrected chi connectivity index (χ0v) is 19.3. The second-order valence-corrected chi connectivity index (χ2v) is 7.76. The fourth-order valence-electron chi connectivity index (χ4n) is 3.32. The summed E-state index contributed by atoms with van der Waals surface area (Å²) in [6.45, 7) is 11.3. The van der Waals surface area contributed by atoms with Gasteiger partial charge in [0.1, 0.15) is 23.2 Å². The summed E-state index contributed by atoms with van der Waals surface area (Å²) in [5.74, 6) is -0.274. The molecule has 0 spiro atoms. The van der Waals surface area contributed by atoms with Gasteiger partial charge in [-0.05, 0) is 37.6 Å². The van der Waals surface area contributed by atoms with Crippen LogP contribution in [0.25, 0.3) is 22.1 Å². The molecule has 7 heteroatoms. The van der Waals surface area contributed by atoms with E-state index in [9.17, 15) is 9.59 Å². The molecule has 0 aliphatic rings. The Kier molecular flexibility index (Phi) is 8.24. The summed E-state index contributed by atoms with van der Waals surface area (Å²) in [6.07, 6.45) is 2.64. The van der Waals surface area contributed by atoms with Crippen molar-refractivity contribution in [3.8, 4) is 22.6 Å². The molecule has 0 amide bonds. The van der Waals surface area contributed by atoms with Gasteiger partial charge in [-0.2, -0.15) is 0 Å². The average molecular weight is 467 g/mol. The molecule has 2 aromatic carbocycles. The highest BCUT2D eigenvalue weighted by Crippen LogP contribution is 2.30. The van der Waals surface area contributed by atoms with Gasteiger partial charge in [-0.3, -0.25) is 0 Å². The molecule has 0 aliphatic carbocycles. The third kappa shape index (κ3) is 6.13. The predicted molar refractivity (Wildman–Crippen MR) is 128 cm³/mol. The lowest BCUT2D eigenvalue weighted by atomic mass is 10.0. The number of carbonyl (C=O) groups excluding carboxylic acids is 1. The Morgan fingerprint density at radius 2 is 2.00 bits per heavy atom. The minimum atomic E-state index is -0.682. The van der Waals surface area contributed by atoms with Crippen LogP contribution in [0.4, 0.5) is 4.39 Å². The number of hydrogen-bond acceptors (Lipinski definition) is 6. The standard InChI is InChI=1S/C27H27FO6/c1-5-7-13-31-23-10-8-9-21(26(23)28)22-15-19-11-12-20(16-24(19)34-27(22)30)32-17(3)14-18(4)33-25(29)6-2/h6,8-12,15-16,18H,2-3,5,7,13-14H2,1,4H3. The van der Waals surface area contributed by atoms with Gasteiger partial charge in [-0.1, -0.05) is 38.6 Å². The molecule has 0 saturated heterocycles. The van der Waals surface area contributed by atoms with Crippen LogP contribution in [-0.2, 0) is 9.53 Å². The van der Waals surface area contributed by atoms with Crippen LogP contribution in [0.1, 0.15) is 33.1 Å². The van der Waals surface area contributed by atoms with E-state index in [-0.39, 0.29) is 28.9 Å². The molecule has 0 fully saturated rings. The second-order valence-electron chi connectivity index (χ2n) is 7.76. The maximum atomic E-state index is 15.0. The van der Waals surface area contributed by atoms with Gasteiger partial charge in [0, 0.05) is 29.5 Å². The topological polar surface area (TPSA) is 75.0 Å². The molecular weight excluding hydrogens is 439 g/mol. The number of benzene rings is 2. The molecule has 34 heavy (non-hydrogen) atoms. The molecule has 178 valence electrons. The minimum Gasteiger partial charge on any atom is -0.490 e. The van der Waals surface area contributed by atoms with Crippen LogP contribution in [0, 0.1) is 5.82 Å². The number of hydrogen-bond donors (Lipinski definition) is 0. The Morgan fingerprint density at radius 3 is 2.74 bits per heavy atom. The first-order valence-electron chi connectivity index (χ1n) is 11.0. The van der Waals surface area contributed by atoms with E-state index in [0.29, 0.717) is 23.5 Å². The van der Waals surface area contributed by atoms with E-state index in [2.05, 4.69) is 13.2 Å². The number of rotatable bonds is 11. The highest BCUT2D eigenvalue weighted by Gasteiger charge is 2.16. The van der Waals surface area contributed by atoms with Crippen LogP contribution < -0.4 is 15.1 Å². The van der Waals surface area contributed by atoms with Gasteiger partial charge in [0.05, 0.1) is 12.2 Å². The molecule has 3 aromatic rings. The van der Waals surface area contributed by atoms with Crippen LogP contribution >= 0.6 is 0 Å². The van der Waals surface area contributed by atoms with Gasteiger partial charge in [0.2, 0.25) is 0 Å². The van der Waals surface area contributed by atoms with E-state index in [1.54, 1.807) is 37.3 Å². The minimum absolute atomic E-state index is 0.0979. The van der Waals surface area contributed by atoms with Crippen LogP contribution in [-0.4, -0.2) is 18.7 Å². The van der Waals surface area contributed by atoms with Crippen molar-refractivity contribution in [3.05, 3.63) is 83.7 Å². The molecule has 1 heterocycles. The molecule has 1 aromatic heterocycles. The Hall–Kier alpha value is -3.87. The fourth-order valence-corrected chi connectivity index (χ4v) is 3.32. The van der Waals surface area contributed by atoms with Crippen molar-refractivity contribution in [1.29, 1.82) is 0 Å². The smallest absolute Gasteiger partial charge is 0.344 e. The third-order valence-electron chi connectivity index (χ3n) is 4.98. The highest BCUT2D eigenvalue weighted by molar-refractivity contribution is 5.83. The van der Waals surface area contributed by atoms with Crippen molar-refractivity contribution in [2.75, 3.05) is 6.61 Å². The van der Waals surface area contributed by atoms with E-state index in [0.717, 1.165) is 18.9 Å². The Bertz CT molecular complexity index is 1260. The van der Waals surface area contributed by atoms with Gasteiger partial charge >= 0.3 is 11.6 Å². The van der Waals surface area contributed by atoms with Gasteiger partial charge in [-0.25, -0.2) is 14.0 Å². The summed E-state index contributed by atoms with van der Waals surface area (Å²) < 4.78 is 36.8. The van der Waals surface area contributed by atoms with E-state index in [1.807, 2.05) is 6.92 Å². The summed E-state index contributed by atoms with van der Waals surface area (Å²) in [7, 11) is 0. The first-order chi connectivity index (χ1) is 16.3. The van der Waals surface area contributed by atoms with Crippen LogP contribution in [0.3, 0.4) is 0 Å².